The molecule has 5 heteroatoms. The number of hydrogen-bond donors (Lipinski definition) is 0. The van der Waals surface area contributed by atoms with E-state index >= 15 is 0 Å². The van der Waals surface area contributed by atoms with Crippen molar-refractivity contribution in [2.75, 3.05) is 0 Å². The summed E-state index contributed by atoms with van der Waals surface area (Å²) in [6, 6.07) is 60.1. The Labute approximate surface area is 297 Å². The topological polar surface area (TPSA) is 35.6 Å². The Morgan fingerprint density at radius 2 is 0.765 bits per heavy atom. The van der Waals surface area contributed by atoms with E-state index in [0.29, 0.717) is 0 Å². The lowest BCUT2D eigenvalue weighted by Crippen LogP contribution is -1.98. The maximum atomic E-state index is 5.20. The van der Waals surface area contributed by atoms with Crippen molar-refractivity contribution in [2.45, 2.75) is 0 Å². The van der Waals surface area contributed by atoms with E-state index in [4.69, 9.17) is 9.97 Å². The lowest BCUT2D eigenvalue weighted by Gasteiger charge is -2.09. The molecular formula is C46H28N4S. The van der Waals surface area contributed by atoms with Gasteiger partial charge in [-0.3, -0.25) is 9.13 Å². The first-order valence-electron chi connectivity index (χ1n) is 17.2. The van der Waals surface area contributed by atoms with Crippen LogP contribution in [-0.4, -0.2) is 19.1 Å². The highest BCUT2D eigenvalue weighted by Crippen LogP contribution is 2.47. The van der Waals surface area contributed by atoms with Crippen LogP contribution in [0.1, 0.15) is 0 Å². The Bertz CT molecular complexity index is 2920. The summed E-state index contributed by atoms with van der Waals surface area (Å²) < 4.78 is 7.25. The van der Waals surface area contributed by atoms with Gasteiger partial charge in [0.25, 0.3) is 0 Å². The van der Waals surface area contributed by atoms with Crippen LogP contribution in [-0.2, 0) is 0 Å². The minimum absolute atomic E-state index is 0.915. The molecule has 51 heavy (non-hydrogen) atoms. The van der Waals surface area contributed by atoms with Crippen molar-refractivity contribution in [3.8, 4) is 34.2 Å². The number of aromatic nitrogens is 4. The van der Waals surface area contributed by atoms with Gasteiger partial charge in [0.05, 0.1) is 33.5 Å². The summed E-state index contributed by atoms with van der Waals surface area (Å²) in [6.45, 7) is 0. The third-order valence-corrected chi connectivity index (χ3v) is 11.4. The van der Waals surface area contributed by atoms with Crippen LogP contribution in [0.4, 0.5) is 0 Å². The molecule has 11 aromatic rings. The van der Waals surface area contributed by atoms with Crippen LogP contribution in [0.3, 0.4) is 0 Å². The van der Waals surface area contributed by atoms with Gasteiger partial charge in [0, 0.05) is 52.8 Å². The molecule has 0 saturated heterocycles. The van der Waals surface area contributed by atoms with Gasteiger partial charge in [0.15, 0.2) is 0 Å². The minimum Gasteiger partial charge on any atom is -0.294 e. The summed E-state index contributed by atoms with van der Waals surface area (Å²) in [5.74, 6) is 1.83. The third-order valence-electron chi connectivity index (χ3n) is 10.1. The Hall–Kier alpha value is -6.56. The van der Waals surface area contributed by atoms with Crippen molar-refractivity contribution in [3.05, 3.63) is 170 Å². The van der Waals surface area contributed by atoms with Crippen molar-refractivity contribution in [1.82, 2.24) is 19.1 Å². The van der Waals surface area contributed by atoms with Crippen LogP contribution in [0.25, 0.3) is 97.9 Å². The first kappa shape index (κ1) is 28.3. The van der Waals surface area contributed by atoms with E-state index in [-0.39, 0.29) is 0 Å². The second-order valence-corrected chi connectivity index (χ2v) is 14.0. The van der Waals surface area contributed by atoms with Gasteiger partial charge in [-0.05, 0) is 48.5 Å². The zero-order valence-corrected chi connectivity index (χ0v) is 28.2. The molecule has 0 N–H and O–H groups in total. The molecule has 0 atom stereocenters. The van der Waals surface area contributed by atoms with Gasteiger partial charge in [-0.2, -0.15) is 0 Å². The smallest absolute Gasteiger partial charge is 0.138 e. The zero-order valence-electron chi connectivity index (χ0n) is 27.4. The lowest BCUT2D eigenvalue weighted by molar-refractivity contribution is 1.08. The summed E-state index contributed by atoms with van der Waals surface area (Å²) in [7, 11) is 0. The van der Waals surface area contributed by atoms with E-state index in [9.17, 15) is 0 Å². The third kappa shape index (κ3) is 4.19. The standard InChI is InChI=1S/C46H28N4S/c1-3-13-29(14-4-1)35-19-11-23-41(47-35)49-37-21-9-7-17-33(37)43-39(49)27-25-31-32-26-28-40-44(46(32)51-45(31)43)34-18-8-10-22-38(34)50(40)42-24-12-20-36(48-42)30-15-5-2-6-16-30/h1-28H. The van der Waals surface area contributed by atoms with Gasteiger partial charge in [0.1, 0.15) is 11.6 Å². The Morgan fingerprint density at radius 1 is 0.333 bits per heavy atom. The maximum absolute atomic E-state index is 5.20. The van der Waals surface area contributed by atoms with Crippen molar-refractivity contribution >= 4 is 75.1 Å². The van der Waals surface area contributed by atoms with E-state index in [1.165, 1.54) is 41.7 Å². The Morgan fingerprint density at radius 3 is 1.24 bits per heavy atom. The number of nitrogens with zero attached hydrogens (tertiary/aromatic N) is 4. The van der Waals surface area contributed by atoms with Gasteiger partial charge >= 0.3 is 0 Å². The predicted octanol–water partition coefficient (Wildman–Crippen LogP) is 12.4. The second kappa shape index (κ2) is 11.0. The molecule has 0 bridgehead atoms. The lowest BCUT2D eigenvalue weighted by atomic mass is 10.1. The van der Waals surface area contributed by atoms with E-state index in [1.54, 1.807) is 0 Å². The molecule has 0 spiro atoms. The summed E-state index contributed by atoms with van der Waals surface area (Å²) in [5, 5.41) is 7.56. The molecule has 5 heterocycles. The average Bonchev–Trinajstić information content (AvgIpc) is 3.86. The highest BCUT2D eigenvalue weighted by atomic mass is 32.1. The number of pyridine rings is 2. The van der Waals surface area contributed by atoms with E-state index in [2.05, 4.69) is 167 Å². The van der Waals surface area contributed by atoms with Crippen molar-refractivity contribution in [1.29, 1.82) is 0 Å². The molecule has 0 fully saturated rings. The number of para-hydroxylation sites is 2. The van der Waals surface area contributed by atoms with Crippen LogP contribution in [0.2, 0.25) is 0 Å². The van der Waals surface area contributed by atoms with Crippen molar-refractivity contribution in [3.63, 3.8) is 0 Å². The fraction of sp³-hybridized carbons (Fsp3) is 0. The molecule has 6 aromatic carbocycles. The van der Waals surface area contributed by atoms with Crippen molar-refractivity contribution in [2.24, 2.45) is 0 Å². The van der Waals surface area contributed by atoms with Crippen LogP contribution in [0.5, 0.6) is 0 Å². The zero-order chi connectivity index (χ0) is 33.5. The number of thiophene rings is 1. The molecule has 0 amide bonds. The molecular weight excluding hydrogens is 641 g/mol. The van der Waals surface area contributed by atoms with Crippen LogP contribution in [0, 0.1) is 0 Å². The SMILES string of the molecule is c1ccc(-c2cccc(-n3c4ccccc4c4c5sc6c(ccc7c6c6ccccc6n7-c6cccc(-c7ccccc7)n6)c5ccc43)n2)cc1. The first-order valence-corrected chi connectivity index (χ1v) is 18.0. The summed E-state index contributed by atoms with van der Waals surface area (Å²) in [4.78, 5) is 10.4. The monoisotopic (exact) mass is 668 g/mol. The quantitative estimate of drug-likeness (QED) is 0.187. The highest BCUT2D eigenvalue weighted by Gasteiger charge is 2.22. The Balaban J connectivity index is 1.19. The van der Waals surface area contributed by atoms with Crippen LogP contribution in [0.15, 0.2) is 170 Å². The normalized spacial score (nSPS) is 11.9. The largest absolute Gasteiger partial charge is 0.294 e. The minimum atomic E-state index is 0.915. The highest BCUT2D eigenvalue weighted by molar-refractivity contribution is 7.27. The first-order chi connectivity index (χ1) is 25.3. The van der Waals surface area contributed by atoms with Gasteiger partial charge in [-0.15, -0.1) is 11.3 Å². The Kier molecular flexibility index (Phi) is 6.09. The van der Waals surface area contributed by atoms with Gasteiger partial charge < -0.3 is 0 Å². The van der Waals surface area contributed by atoms with Crippen LogP contribution >= 0.6 is 11.3 Å². The molecule has 5 aromatic heterocycles. The summed E-state index contributed by atoms with van der Waals surface area (Å²) in [5.41, 5.74) is 8.77. The molecule has 0 aliphatic rings. The number of rotatable bonds is 4. The summed E-state index contributed by atoms with van der Waals surface area (Å²) >= 11 is 1.90. The maximum Gasteiger partial charge on any atom is 0.138 e. The fourth-order valence-electron chi connectivity index (χ4n) is 7.92. The molecule has 11 rings (SSSR count). The molecule has 4 nitrogen and oxygen atoms in total. The molecule has 0 unspecified atom stereocenters. The van der Waals surface area contributed by atoms with E-state index < -0.39 is 0 Å². The molecule has 0 aliphatic heterocycles. The summed E-state index contributed by atoms with van der Waals surface area (Å²) in [6.07, 6.45) is 0. The molecule has 0 aliphatic carbocycles. The van der Waals surface area contributed by atoms with E-state index in [0.717, 1.165) is 56.2 Å². The number of benzene rings is 6. The predicted molar refractivity (Wildman–Crippen MR) is 214 cm³/mol. The van der Waals surface area contributed by atoms with Crippen LogP contribution < -0.4 is 0 Å². The fourth-order valence-corrected chi connectivity index (χ4v) is 9.34. The second-order valence-electron chi connectivity index (χ2n) is 13.0. The average molecular weight is 669 g/mol. The van der Waals surface area contributed by atoms with Crippen molar-refractivity contribution < 1.29 is 0 Å². The van der Waals surface area contributed by atoms with Gasteiger partial charge in [-0.25, -0.2) is 9.97 Å². The van der Waals surface area contributed by atoms with Gasteiger partial charge in [-0.1, -0.05) is 121 Å². The van der Waals surface area contributed by atoms with E-state index in [1.807, 2.05) is 23.5 Å². The number of hydrogen-bond acceptors (Lipinski definition) is 3. The molecule has 238 valence electrons. The molecule has 0 saturated carbocycles. The van der Waals surface area contributed by atoms with Gasteiger partial charge in [0.2, 0.25) is 0 Å². The molecule has 0 radical (unpaired) electrons. The number of fused-ring (bicyclic) bond motifs is 11.